The molecule has 0 unspecified atom stereocenters. The predicted molar refractivity (Wildman–Crippen MR) is 63.1 cm³/mol. The van der Waals surface area contributed by atoms with Gasteiger partial charge in [0, 0.05) is 5.92 Å². The van der Waals surface area contributed by atoms with Crippen LogP contribution >= 0.6 is 0 Å². The Balaban J connectivity index is 2.18. The van der Waals surface area contributed by atoms with E-state index in [-0.39, 0.29) is 0 Å². The maximum atomic E-state index is 5.75. The summed E-state index contributed by atoms with van der Waals surface area (Å²) in [6.07, 6.45) is 4.72. The minimum atomic E-state index is 0.578. The van der Waals surface area contributed by atoms with Gasteiger partial charge in [0.15, 0.2) is 0 Å². The summed E-state index contributed by atoms with van der Waals surface area (Å²) in [7, 11) is 0. The van der Waals surface area contributed by atoms with Crippen LogP contribution in [0.4, 0.5) is 0 Å². The Morgan fingerprint density at radius 1 is 1.20 bits per heavy atom. The molecule has 1 heteroatoms. The second kappa shape index (κ2) is 4.03. The van der Waals surface area contributed by atoms with Gasteiger partial charge in [0.05, 0.1) is 6.26 Å². The van der Waals surface area contributed by atoms with Crippen molar-refractivity contribution in [2.24, 2.45) is 11.8 Å². The summed E-state index contributed by atoms with van der Waals surface area (Å²) in [5.74, 6) is 4.03. The molecule has 1 aromatic rings. The van der Waals surface area contributed by atoms with Crippen molar-refractivity contribution in [1.29, 1.82) is 0 Å². The first-order valence-corrected chi connectivity index (χ1v) is 6.18. The lowest BCUT2D eigenvalue weighted by Crippen LogP contribution is -2.07. The summed E-state index contributed by atoms with van der Waals surface area (Å²) in [5.41, 5.74) is 1.34. The van der Waals surface area contributed by atoms with E-state index in [1.165, 1.54) is 24.2 Å². The van der Waals surface area contributed by atoms with E-state index in [2.05, 4.69) is 33.8 Å². The summed E-state index contributed by atoms with van der Waals surface area (Å²) < 4.78 is 5.75. The molecule has 1 heterocycles. The van der Waals surface area contributed by atoms with Gasteiger partial charge in [0.2, 0.25) is 0 Å². The molecule has 1 saturated carbocycles. The molecule has 0 spiro atoms. The van der Waals surface area contributed by atoms with Crippen LogP contribution < -0.4 is 0 Å². The molecule has 1 nitrogen and oxygen atoms in total. The monoisotopic (exact) mass is 206 g/mol. The lowest BCUT2D eigenvalue weighted by atomic mass is 9.88. The van der Waals surface area contributed by atoms with Crippen molar-refractivity contribution in [3.05, 3.63) is 23.7 Å². The van der Waals surface area contributed by atoms with Gasteiger partial charge in [0.1, 0.15) is 5.76 Å². The Bertz CT molecular complexity index is 316. The maximum Gasteiger partial charge on any atom is 0.107 e. The van der Waals surface area contributed by atoms with Crippen molar-refractivity contribution in [2.45, 2.75) is 52.4 Å². The highest BCUT2D eigenvalue weighted by Gasteiger charge is 2.36. The van der Waals surface area contributed by atoms with Crippen LogP contribution in [0.1, 0.15) is 63.7 Å². The highest BCUT2D eigenvalue weighted by molar-refractivity contribution is 5.21. The summed E-state index contributed by atoms with van der Waals surface area (Å²) in [5, 5.41) is 0. The number of hydrogen-bond donors (Lipinski definition) is 0. The van der Waals surface area contributed by atoms with Crippen LogP contribution in [0.15, 0.2) is 16.7 Å². The van der Waals surface area contributed by atoms with Crippen LogP contribution in [-0.4, -0.2) is 0 Å². The van der Waals surface area contributed by atoms with E-state index in [0.29, 0.717) is 17.8 Å². The Morgan fingerprint density at radius 2 is 1.87 bits per heavy atom. The van der Waals surface area contributed by atoms with Crippen LogP contribution in [0.25, 0.3) is 0 Å². The van der Waals surface area contributed by atoms with Crippen molar-refractivity contribution in [3.8, 4) is 0 Å². The Labute approximate surface area is 92.9 Å². The zero-order chi connectivity index (χ0) is 11.0. The van der Waals surface area contributed by atoms with Gasteiger partial charge < -0.3 is 4.42 Å². The Morgan fingerprint density at radius 3 is 2.27 bits per heavy atom. The first-order chi connectivity index (χ1) is 7.09. The molecule has 0 N–H and O–H groups in total. The molecule has 0 amide bonds. The van der Waals surface area contributed by atoms with Crippen LogP contribution in [0.2, 0.25) is 0 Å². The molecule has 0 radical (unpaired) electrons. The summed E-state index contributed by atoms with van der Waals surface area (Å²) in [6, 6.07) is 2.27. The van der Waals surface area contributed by atoms with Crippen molar-refractivity contribution in [2.75, 3.05) is 0 Å². The molecule has 1 aliphatic carbocycles. The molecule has 0 bridgehead atoms. The molecular weight excluding hydrogens is 184 g/mol. The highest BCUT2D eigenvalue weighted by atomic mass is 16.3. The topological polar surface area (TPSA) is 13.1 Å². The zero-order valence-electron chi connectivity index (χ0n) is 10.3. The third-order valence-corrected chi connectivity index (χ3v) is 3.48. The molecule has 0 aliphatic heterocycles. The fourth-order valence-electron chi connectivity index (χ4n) is 2.41. The van der Waals surface area contributed by atoms with Gasteiger partial charge in [-0.15, -0.1) is 0 Å². The van der Waals surface area contributed by atoms with E-state index in [1.807, 2.05) is 6.26 Å². The highest BCUT2D eigenvalue weighted by Crippen LogP contribution is 2.47. The number of rotatable bonds is 4. The zero-order valence-corrected chi connectivity index (χ0v) is 10.3. The first-order valence-electron chi connectivity index (χ1n) is 6.18. The predicted octanol–water partition coefficient (Wildman–Crippen LogP) is 4.55. The van der Waals surface area contributed by atoms with E-state index < -0.39 is 0 Å². The van der Waals surface area contributed by atoms with Crippen LogP contribution in [-0.2, 0) is 0 Å². The Hall–Kier alpha value is -0.720. The summed E-state index contributed by atoms with van der Waals surface area (Å²) in [4.78, 5) is 0. The lowest BCUT2D eigenvalue weighted by Gasteiger charge is -2.17. The van der Waals surface area contributed by atoms with E-state index >= 15 is 0 Å². The number of furan rings is 1. The van der Waals surface area contributed by atoms with Crippen LogP contribution in [0, 0.1) is 11.8 Å². The van der Waals surface area contributed by atoms with Crippen molar-refractivity contribution >= 4 is 0 Å². The van der Waals surface area contributed by atoms with Gasteiger partial charge in [-0.25, -0.2) is 0 Å². The van der Waals surface area contributed by atoms with Gasteiger partial charge in [-0.3, -0.25) is 0 Å². The third kappa shape index (κ3) is 2.27. The average Bonchev–Trinajstić information content (AvgIpc) is 2.81. The van der Waals surface area contributed by atoms with Gasteiger partial charge in [-0.1, -0.05) is 27.7 Å². The molecule has 0 saturated heterocycles. The second-order valence-corrected chi connectivity index (χ2v) is 5.54. The van der Waals surface area contributed by atoms with Gasteiger partial charge in [-0.05, 0) is 42.2 Å². The molecule has 84 valence electrons. The second-order valence-electron chi connectivity index (χ2n) is 5.54. The molecule has 1 aromatic heterocycles. The summed E-state index contributed by atoms with van der Waals surface area (Å²) >= 11 is 0. The maximum absolute atomic E-state index is 5.75. The normalized spacial score (nSPS) is 18.8. The Kier molecular flexibility index (Phi) is 2.90. The van der Waals surface area contributed by atoms with E-state index in [4.69, 9.17) is 4.42 Å². The molecule has 1 fully saturated rings. The molecule has 15 heavy (non-hydrogen) atoms. The van der Waals surface area contributed by atoms with Gasteiger partial charge >= 0.3 is 0 Å². The fraction of sp³-hybridized carbons (Fsp3) is 0.714. The lowest BCUT2D eigenvalue weighted by molar-refractivity contribution is 0.364. The number of hydrogen-bond acceptors (Lipinski definition) is 1. The molecule has 2 rings (SSSR count). The van der Waals surface area contributed by atoms with Gasteiger partial charge in [0.25, 0.3) is 0 Å². The molecule has 1 aliphatic rings. The first kappa shape index (κ1) is 10.8. The van der Waals surface area contributed by atoms with Crippen molar-refractivity contribution in [1.82, 2.24) is 0 Å². The fourth-order valence-corrected chi connectivity index (χ4v) is 2.41. The SMILES string of the molecule is CC(C)c1coc([C@H](C(C)C)C2CC2)c1. The largest absolute Gasteiger partial charge is 0.469 e. The van der Waals surface area contributed by atoms with Crippen molar-refractivity contribution in [3.63, 3.8) is 0 Å². The minimum absolute atomic E-state index is 0.578. The minimum Gasteiger partial charge on any atom is -0.469 e. The molecule has 1 atom stereocenters. The van der Waals surface area contributed by atoms with E-state index in [1.54, 1.807) is 0 Å². The average molecular weight is 206 g/mol. The third-order valence-electron chi connectivity index (χ3n) is 3.48. The van der Waals surface area contributed by atoms with Crippen LogP contribution in [0.3, 0.4) is 0 Å². The quantitative estimate of drug-likeness (QED) is 0.704. The summed E-state index contributed by atoms with van der Waals surface area (Å²) in [6.45, 7) is 9.05. The smallest absolute Gasteiger partial charge is 0.107 e. The standard InChI is InChI=1S/C14H22O/c1-9(2)12-7-13(15-8-12)14(10(3)4)11-5-6-11/h7-11,14H,5-6H2,1-4H3/t14-/m1/s1. The van der Waals surface area contributed by atoms with E-state index in [9.17, 15) is 0 Å². The van der Waals surface area contributed by atoms with Gasteiger partial charge in [-0.2, -0.15) is 0 Å². The van der Waals surface area contributed by atoms with Crippen molar-refractivity contribution < 1.29 is 4.42 Å². The molecular formula is C14H22O. The van der Waals surface area contributed by atoms with E-state index in [0.717, 1.165) is 5.92 Å². The van der Waals surface area contributed by atoms with Crippen LogP contribution in [0.5, 0.6) is 0 Å². The molecule has 0 aromatic carbocycles.